The lowest BCUT2D eigenvalue weighted by Gasteiger charge is -2.17. The maximum atomic E-state index is 13.5. The van der Waals surface area contributed by atoms with Gasteiger partial charge in [-0.05, 0) is 49.6 Å². The second-order valence-electron chi connectivity index (χ2n) is 6.49. The Morgan fingerprint density at radius 3 is 2.23 bits per heavy atom. The second kappa shape index (κ2) is 8.42. The molecule has 0 radical (unpaired) electrons. The van der Waals surface area contributed by atoms with E-state index in [4.69, 9.17) is 10.5 Å². The molecule has 3 rings (SSSR count). The van der Waals surface area contributed by atoms with Crippen molar-refractivity contribution in [1.82, 2.24) is 14.9 Å². The average molecular weight is 444 g/mol. The van der Waals surface area contributed by atoms with Crippen LogP contribution in [0.25, 0.3) is 17.1 Å². The Labute approximate surface area is 178 Å². The van der Waals surface area contributed by atoms with Crippen LogP contribution in [0.4, 0.5) is 0 Å². The van der Waals surface area contributed by atoms with E-state index >= 15 is 0 Å². The third-order valence-electron chi connectivity index (χ3n) is 4.48. The highest BCUT2D eigenvalue weighted by atomic mass is 32.2. The molecule has 3 aromatic rings. The number of nitrogens with zero attached hydrogens (tertiary/aromatic N) is 2. The lowest BCUT2D eigenvalue weighted by atomic mass is 10.1. The first kappa shape index (κ1) is 21.8. The van der Waals surface area contributed by atoms with Gasteiger partial charge in [0.1, 0.15) is 22.2 Å². The first-order chi connectivity index (χ1) is 14.2. The highest BCUT2D eigenvalue weighted by molar-refractivity contribution is 7.98. The van der Waals surface area contributed by atoms with E-state index in [9.17, 15) is 13.2 Å². The summed E-state index contributed by atoms with van der Waals surface area (Å²) in [5.41, 5.74) is 1.92. The van der Waals surface area contributed by atoms with Crippen LogP contribution in [0.5, 0.6) is 0 Å². The fourth-order valence-electron chi connectivity index (χ4n) is 2.91. The molecule has 0 saturated heterocycles. The first-order valence-electron chi connectivity index (χ1n) is 8.85. The minimum Gasteiger partial charge on any atom is -0.373 e. The van der Waals surface area contributed by atoms with Crippen molar-refractivity contribution in [2.45, 2.75) is 16.8 Å². The summed E-state index contributed by atoms with van der Waals surface area (Å²) in [6.45, 7) is 1.94. The van der Waals surface area contributed by atoms with Crippen molar-refractivity contribution >= 4 is 27.6 Å². The van der Waals surface area contributed by atoms with Crippen molar-refractivity contribution in [1.29, 1.82) is 5.41 Å². The molecule has 30 heavy (non-hydrogen) atoms. The quantitative estimate of drug-likeness (QED) is 0.240. The molecule has 0 unspecified atom stereocenters. The molecule has 0 amide bonds. The minimum atomic E-state index is -3.84. The molecule has 2 aromatic carbocycles. The van der Waals surface area contributed by atoms with Gasteiger partial charge in [0.25, 0.3) is 5.56 Å². The van der Waals surface area contributed by atoms with Crippen molar-refractivity contribution in [2.24, 2.45) is 5.14 Å². The van der Waals surface area contributed by atoms with Gasteiger partial charge in [-0.2, -0.15) is 0 Å². The van der Waals surface area contributed by atoms with E-state index in [2.05, 4.69) is 10.3 Å². The van der Waals surface area contributed by atoms with Crippen LogP contribution in [0.3, 0.4) is 0 Å². The van der Waals surface area contributed by atoms with Crippen molar-refractivity contribution in [2.75, 3.05) is 13.3 Å². The maximum absolute atomic E-state index is 13.5. The Hall–Kier alpha value is -2.95. The van der Waals surface area contributed by atoms with Crippen molar-refractivity contribution < 1.29 is 8.42 Å². The zero-order valence-corrected chi connectivity index (χ0v) is 18.3. The number of primary sulfonamides is 1. The second-order valence-corrected chi connectivity index (χ2v) is 8.85. The summed E-state index contributed by atoms with van der Waals surface area (Å²) in [4.78, 5) is 18.1. The first-order valence-corrected chi connectivity index (χ1v) is 11.6. The molecule has 0 atom stereocenters. The average Bonchev–Trinajstić information content (AvgIpc) is 2.72. The molecule has 0 aliphatic carbocycles. The highest BCUT2D eigenvalue weighted by Crippen LogP contribution is 2.25. The largest absolute Gasteiger partial charge is 0.373 e. The molecule has 0 fully saturated rings. The maximum Gasteiger partial charge on any atom is 0.270 e. The van der Waals surface area contributed by atoms with Crippen LogP contribution in [0.15, 0.2) is 63.2 Å². The number of sulfonamides is 1. The van der Waals surface area contributed by atoms with Crippen LogP contribution in [0.2, 0.25) is 0 Å². The van der Waals surface area contributed by atoms with Crippen LogP contribution in [0.1, 0.15) is 11.1 Å². The van der Waals surface area contributed by atoms with Crippen LogP contribution in [0, 0.1) is 12.3 Å². The van der Waals surface area contributed by atoms with Gasteiger partial charge in [0.2, 0.25) is 10.0 Å². The molecule has 0 aliphatic rings. The number of amidine groups is 1. The Morgan fingerprint density at radius 2 is 1.73 bits per heavy atom. The van der Waals surface area contributed by atoms with E-state index < -0.39 is 15.6 Å². The van der Waals surface area contributed by atoms with Crippen molar-refractivity contribution in [3.05, 3.63) is 70.0 Å². The third kappa shape index (κ3) is 4.16. The predicted molar refractivity (Wildman–Crippen MR) is 119 cm³/mol. The molecule has 0 aliphatic heterocycles. The zero-order chi connectivity index (χ0) is 22.1. The van der Waals surface area contributed by atoms with Gasteiger partial charge in [0, 0.05) is 12.6 Å². The summed E-state index contributed by atoms with van der Waals surface area (Å²) in [7, 11) is -2.27. The number of aryl methyl sites for hydroxylation is 1. The Kier molecular flexibility index (Phi) is 6.11. The van der Waals surface area contributed by atoms with Crippen LogP contribution >= 0.6 is 11.8 Å². The zero-order valence-electron chi connectivity index (χ0n) is 16.6. The molecule has 4 N–H and O–H groups in total. The van der Waals surface area contributed by atoms with Gasteiger partial charge >= 0.3 is 0 Å². The Morgan fingerprint density at radius 1 is 1.13 bits per heavy atom. The third-order valence-corrected chi connectivity index (χ3v) is 6.09. The normalized spacial score (nSPS) is 11.3. The highest BCUT2D eigenvalue weighted by Gasteiger charge is 2.21. The van der Waals surface area contributed by atoms with Crippen molar-refractivity contribution in [3.63, 3.8) is 0 Å². The van der Waals surface area contributed by atoms with E-state index in [1.807, 2.05) is 19.1 Å². The van der Waals surface area contributed by atoms with E-state index in [0.29, 0.717) is 22.1 Å². The smallest absolute Gasteiger partial charge is 0.270 e. The summed E-state index contributed by atoms with van der Waals surface area (Å²) >= 11 is 1.25. The van der Waals surface area contributed by atoms with E-state index in [1.165, 1.54) is 28.5 Å². The number of nitrogens with one attached hydrogen (secondary N) is 2. The van der Waals surface area contributed by atoms with Gasteiger partial charge in [-0.25, -0.2) is 18.5 Å². The number of rotatable bonds is 5. The monoisotopic (exact) mass is 443 g/mol. The van der Waals surface area contributed by atoms with E-state index in [1.54, 1.807) is 37.6 Å². The minimum absolute atomic E-state index is 0.0332. The van der Waals surface area contributed by atoms with Crippen LogP contribution in [-0.2, 0) is 10.0 Å². The van der Waals surface area contributed by atoms with Gasteiger partial charge in [-0.3, -0.25) is 14.8 Å². The lowest BCUT2D eigenvalue weighted by Crippen LogP contribution is -2.33. The Bertz CT molecular complexity index is 1270. The summed E-state index contributed by atoms with van der Waals surface area (Å²) in [6, 6.07) is 13.2. The summed E-state index contributed by atoms with van der Waals surface area (Å²) in [6.07, 6.45) is 1.78. The van der Waals surface area contributed by atoms with Crippen LogP contribution < -0.4 is 16.0 Å². The SMILES string of the molecule is CNC(=N)c1c(SC)nc(-c2ccc(S(N)(=O)=O)cc2)n(-c2ccc(C)cc2)c1=O. The number of thioether (sulfide) groups is 1. The van der Waals surface area contributed by atoms with Gasteiger partial charge < -0.3 is 5.32 Å². The standard InChI is InChI=1S/C20H21N5O3S2/c1-12-4-8-14(9-5-12)25-18(13-6-10-15(11-7-13)30(22,27)28)24-19(29-3)16(20(25)26)17(21)23-2/h4-11H,1-3H3,(H2,21,23)(H2,22,27,28). The number of hydrogen-bond donors (Lipinski definition) is 3. The molecule has 0 bridgehead atoms. The molecular weight excluding hydrogens is 422 g/mol. The van der Waals surface area contributed by atoms with Gasteiger partial charge in [-0.15, -0.1) is 11.8 Å². The number of aromatic nitrogens is 2. The number of benzene rings is 2. The van der Waals surface area contributed by atoms with E-state index in [-0.39, 0.29) is 16.3 Å². The molecule has 156 valence electrons. The summed E-state index contributed by atoms with van der Waals surface area (Å²) in [5, 5.41) is 16.5. The molecule has 0 saturated carbocycles. The fourth-order valence-corrected chi connectivity index (χ4v) is 4.00. The Balaban J connectivity index is 2.36. The fraction of sp³-hybridized carbons (Fsp3) is 0.150. The number of hydrogen-bond acceptors (Lipinski definition) is 6. The van der Waals surface area contributed by atoms with Crippen molar-refractivity contribution in [3.8, 4) is 17.1 Å². The summed E-state index contributed by atoms with van der Waals surface area (Å²) in [5.74, 6) is 0.302. The predicted octanol–water partition coefficient (Wildman–Crippen LogP) is 2.12. The van der Waals surface area contributed by atoms with E-state index in [0.717, 1.165) is 5.56 Å². The molecule has 0 spiro atoms. The molecule has 1 aromatic heterocycles. The summed E-state index contributed by atoms with van der Waals surface area (Å²) < 4.78 is 24.6. The van der Waals surface area contributed by atoms with Crippen LogP contribution in [-0.4, -0.2) is 37.1 Å². The lowest BCUT2D eigenvalue weighted by molar-refractivity contribution is 0.598. The number of nitrogens with two attached hydrogens (primary N) is 1. The molecule has 10 heteroatoms. The van der Waals surface area contributed by atoms with Gasteiger partial charge in [0.05, 0.1) is 10.6 Å². The molecule has 1 heterocycles. The molecular formula is C20H21N5O3S2. The van der Waals surface area contributed by atoms with Gasteiger partial charge in [-0.1, -0.05) is 17.7 Å². The molecule has 8 nitrogen and oxygen atoms in total. The van der Waals surface area contributed by atoms with Gasteiger partial charge in [0.15, 0.2) is 0 Å². The topological polar surface area (TPSA) is 131 Å².